The molecule has 2 aliphatic rings. The van der Waals surface area contributed by atoms with Crippen molar-refractivity contribution >= 4 is 17.9 Å². The van der Waals surface area contributed by atoms with Crippen LogP contribution in [-0.2, 0) is 16.1 Å². The molecule has 0 atom stereocenters. The van der Waals surface area contributed by atoms with Crippen LogP contribution in [-0.4, -0.2) is 36.6 Å². The van der Waals surface area contributed by atoms with Crippen LogP contribution in [0.2, 0.25) is 0 Å². The fraction of sp³-hybridized carbons (Fsp3) is 0.333. The molecule has 1 N–H and O–H groups in total. The number of benzene rings is 2. The molecule has 4 rings (SSSR count). The number of nitrogens with zero attached hydrogens (tertiary/aromatic N) is 1. The lowest BCUT2D eigenvalue weighted by Gasteiger charge is -2.37. The summed E-state index contributed by atoms with van der Waals surface area (Å²) in [7, 11) is 0. The van der Waals surface area contributed by atoms with Crippen molar-refractivity contribution in [2.75, 3.05) is 19.9 Å². The summed E-state index contributed by atoms with van der Waals surface area (Å²) in [4.78, 5) is 27.1. The van der Waals surface area contributed by atoms with E-state index in [0.717, 1.165) is 16.9 Å². The number of carbonyl (C=O) groups excluding carboxylic acids is 2. The number of piperidine rings is 1. The van der Waals surface area contributed by atoms with Crippen LogP contribution in [0.5, 0.6) is 11.5 Å². The third-order valence-electron chi connectivity index (χ3n) is 5.83. The van der Waals surface area contributed by atoms with Crippen molar-refractivity contribution < 1.29 is 19.1 Å². The molecule has 0 unspecified atom stereocenters. The number of ether oxygens (including phenoxy) is 2. The number of fused-ring (bicyclic) bond motifs is 1. The number of nitrogens with one attached hydrogen (secondary N) is 1. The second-order valence-corrected chi connectivity index (χ2v) is 8.00. The van der Waals surface area contributed by atoms with E-state index in [9.17, 15) is 9.59 Å². The summed E-state index contributed by atoms with van der Waals surface area (Å²) in [5, 5.41) is 3.04. The van der Waals surface area contributed by atoms with Crippen LogP contribution in [0.15, 0.2) is 54.6 Å². The molecule has 1 saturated heterocycles. The van der Waals surface area contributed by atoms with Crippen molar-refractivity contribution in [3.05, 3.63) is 65.7 Å². The zero-order valence-corrected chi connectivity index (χ0v) is 17.1. The highest BCUT2D eigenvalue weighted by Crippen LogP contribution is 2.33. The van der Waals surface area contributed by atoms with Gasteiger partial charge in [-0.3, -0.25) is 9.59 Å². The van der Waals surface area contributed by atoms with Crippen molar-refractivity contribution in [3.63, 3.8) is 0 Å². The third-order valence-corrected chi connectivity index (χ3v) is 5.83. The minimum Gasteiger partial charge on any atom is -0.454 e. The molecule has 156 valence electrons. The molecule has 2 amide bonds. The molecule has 1 fully saturated rings. The van der Waals surface area contributed by atoms with Gasteiger partial charge in [-0.1, -0.05) is 43.3 Å². The standard InChI is InChI=1S/C24H26N2O4/c1-24(23(28)25-16-19-7-9-20-21(15-19)30-17-29-20)11-13-26(14-12-24)22(27)10-8-18-5-3-2-4-6-18/h2-10,15H,11-14,16-17H2,1H3,(H,25,28). The first-order valence-electron chi connectivity index (χ1n) is 10.2. The lowest BCUT2D eigenvalue weighted by atomic mass is 9.79. The molecule has 0 radical (unpaired) electrons. The Balaban J connectivity index is 1.28. The first-order valence-corrected chi connectivity index (χ1v) is 10.2. The van der Waals surface area contributed by atoms with E-state index in [-0.39, 0.29) is 18.6 Å². The predicted molar refractivity (Wildman–Crippen MR) is 114 cm³/mol. The summed E-state index contributed by atoms with van der Waals surface area (Å²) < 4.78 is 10.7. The maximum absolute atomic E-state index is 12.8. The number of likely N-dealkylation sites (tertiary alicyclic amines) is 1. The lowest BCUT2D eigenvalue weighted by Crippen LogP contribution is -2.48. The van der Waals surface area contributed by atoms with Gasteiger partial charge in [-0.15, -0.1) is 0 Å². The van der Waals surface area contributed by atoms with Crippen LogP contribution in [0.25, 0.3) is 6.08 Å². The van der Waals surface area contributed by atoms with E-state index in [1.165, 1.54) is 0 Å². The summed E-state index contributed by atoms with van der Waals surface area (Å²) in [5.41, 5.74) is 1.49. The van der Waals surface area contributed by atoms with Crippen LogP contribution in [0.3, 0.4) is 0 Å². The summed E-state index contributed by atoms with van der Waals surface area (Å²) in [6, 6.07) is 15.4. The molecule has 0 aliphatic carbocycles. The molecule has 30 heavy (non-hydrogen) atoms. The Kier molecular flexibility index (Phi) is 5.74. The quantitative estimate of drug-likeness (QED) is 0.773. The Morgan fingerprint density at radius 2 is 1.80 bits per heavy atom. The van der Waals surface area contributed by atoms with E-state index in [1.807, 2.05) is 66.4 Å². The van der Waals surface area contributed by atoms with Crippen LogP contribution >= 0.6 is 0 Å². The van der Waals surface area contributed by atoms with E-state index in [2.05, 4.69) is 5.32 Å². The monoisotopic (exact) mass is 406 g/mol. The number of rotatable bonds is 5. The maximum atomic E-state index is 12.8. The van der Waals surface area contributed by atoms with Crippen molar-refractivity contribution in [2.24, 2.45) is 5.41 Å². The Morgan fingerprint density at radius 1 is 1.07 bits per heavy atom. The largest absolute Gasteiger partial charge is 0.454 e. The van der Waals surface area contributed by atoms with Gasteiger partial charge in [0.25, 0.3) is 0 Å². The van der Waals surface area contributed by atoms with Crippen LogP contribution in [0.4, 0.5) is 0 Å². The Bertz CT molecular complexity index is 947. The minimum absolute atomic E-state index is 0.0123. The summed E-state index contributed by atoms with van der Waals surface area (Å²) in [5.74, 6) is 1.45. The zero-order chi connectivity index (χ0) is 21.0. The maximum Gasteiger partial charge on any atom is 0.246 e. The smallest absolute Gasteiger partial charge is 0.246 e. The topological polar surface area (TPSA) is 67.9 Å². The van der Waals surface area contributed by atoms with Crippen molar-refractivity contribution in [1.82, 2.24) is 10.2 Å². The van der Waals surface area contributed by atoms with Gasteiger partial charge in [-0.05, 0) is 42.2 Å². The lowest BCUT2D eigenvalue weighted by molar-refractivity contribution is -0.137. The van der Waals surface area contributed by atoms with Crippen molar-refractivity contribution in [2.45, 2.75) is 26.3 Å². The summed E-state index contributed by atoms with van der Waals surface area (Å²) in [6.07, 6.45) is 4.72. The second kappa shape index (κ2) is 8.61. The van der Waals surface area contributed by atoms with Gasteiger partial charge in [0.15, 0.2) is 11.5 Å². The summed E-state index contributed by atoms with van der Waals surface area (Å²) in [6.45, 7) is 3.80. The zero-order valence-electron chi connectivity index (χ0n) is 17.1. The van der Waals surface area contributed by atoms with E-state index >= 15 is 0 Å². The number of carbonyl (C=O) groups is 2. The van der Waals surface area contributed by atoms with Crippen LogP contribution in [0.1, 0.15) is 30.9 Å². The average molecular weight is 406 g/mol. The minimum atomic E-state index is -0.476. The average Bonchev–Trinajstić information content (AvgIpc) is 3.25. The van der Waals surface area contributed by atoms with Gasteiger partial charge in [-0.25, -0.2) is 0 Å². The Hall–Kier alpha value is -3.28. The molecule has 2 heterocycles. The predicted octanol–water partition coefficient (Wildman–Crippen LogP) is 3.37. The third kappa shape index (κ3) is 4.48. The van der Waals surface area contributed by atoms with Crippen LogP contribution < -0.4 is 14.8 Å². The highest BCUT2D eigenvalue weighted by molar-refractivity contribution is 5.92. The van der Waals surface area contributed by atoms with Gasteiger partial charge in [0.1, 0.15) is 0 Å². The van der Waals surface area contributed by atoms with Gasteiger partial charge in [0.05, 0.1) is 0 Å². The molecular weight excluding hydrogens is 380 g/mol. The molecule has 6 nitrogen and oxygen atoms in total. The first-order chi connectivity index (χ1) is 14.5. The van der Waals surface area contributed by atoms with Gasteiger partial charge >= 0.3 is 0 Å². The van der Waals surface area contributed by atoms with E-state index in [4.69, 9.17) is 9.47 Å². The second-order valence-electron chi connectivity index (χ2n) is 8.00. The van der Waals surface area contributed by atoms with Gasteiger partial charge in [0.2, 0.25) is 18.6 Å². The molecule has 0 aromatic heterocycles. The van der Waals surface area contributed by atoms with E-state index in [0.29, 0.717) is 38.2 Å². The number of amides is 2. The van der Waals surface area contributed by atoms with Gasteiger partial charge < -0.3 is 19.7 Å². The molecule has 6 heteroatoms. The SMILES string of the molecule is CC1(C(=O)NCc2ccc3c(c2)OCO3)CCN(C(=O)C=Cc2ccccc2)CC1. The fourth-order valence-electron chi connectivity index (χ4n) is 3.73. The van der Waals surface area contributed by atoms with Gasteiger partial charge in [-0.2, -0.15) is 0 Å². The van der Waals surface area contributed by atoms with Crippen LogP contribution in [0, 0.1) is 5.41 Å². The van der Waals surface area contributed by atoms with E-state index < -0.39 is 5.41 Å². The van der Waals surface area contributed by atoms with Gasteiger partial charge in [0, 0.05) is 31.1 Å². The first kappa shape index (κ1) is 20.0. The normalized spacial score (nSPS) is 17.2. The molecule has 0 bridgehead atoms. The van der Waals surface area contributed by atoms with E-state index in [1.54, 1.807) is 6.08 Å². The highest BCUT2D eigenvalue weighted by Gasteiger charge is 2.37. The molecule has 2 aromatic rings. The number of hydrogen-bond donors (Lipinski definition) is 1. The van der Waals surface area contributed by atoms with Crippen molar-refractivity contribution in [1.29, 1.82) is 0 Å². The Labute approximate surface area is 176 Å². The number of hydrogen-bond acceptors (Lipinski definition) is 4. The molecular formula is C24H26N2O4. The highest BCUT2D eigenvalue weighted by atomic mass is 16.7. The molecule has 2 aromatic carbocycles. The molecule has 0 spiro atoms. The molecule has 2 aliphatic heterocycles. The van der Waals surface area contributed by atoms with Crippen molar-refractivity contribution in [3.8, 4) is 11.5 Å². The fourth-order valence-corrected chi connectivity index (χ4v) is 3.73. The molecule has 0 saturated carbocycles. The summed E-state index contributed by atoms with van der Waals surface area (Å²) >= 11 is 0. The Morgan fingerprint density at radius 3 is 2.57 bits per heavy atom.